The summed E-state index contributed by atoms with van der Waals surface area (Å²) in [6.45, 7) is 3.67. The zero-order valence-corrected chi connectivity index (χ0v) is 22.0. The van der Waals surface area contributed by atoms with E-state index in [-0.39, 0.29) is 12.1 Å². The molecule has 4 nitrogen and oxygen atoms in total. The summed E-state index contributed by atoms with van der Waals surface area (Å²) in [5.74, 6) is -0.440. The number of sulfone groups is 1. The monoisotopic (exact) mass is 570 g/mol. The third-order valence-corrected chi connectivity index (χ3v) is 10.1. The molecule has 0 aliphatic carbocycles. The SMILES string of the molecule is CCC1CN2CCC1C[C@H]2[C@@H](CS(=O)(=O)c1cc(C(F)(F)F)cc(C(F)(F)F)c1)c1ccnc2ccccc12. The molecular formula is C28H28F6N2O2S. The minimum atomic E-state index is -5.14. The van der Waals surface area contributed by atoms with Crippen molar-refractivity contribution in [1.29, 1.82) is 0 Å². The molecule has 39 heavy (non-hydrogen) atoms. The van der Waals surface area contributed by atoms with Gasteiger partial charge in [0.15, 0.2) is 9.84 Å². The van der Waals surface area contributed by atoms with Gasteiger partial charge >= 0.3 is 12.4 Å². The van der Waals surface area contributed by atoms with Crippen LogP contribution in [0.25, 0.3) is 10.9 Å². The predicted molar refractivity (Wildman–Crippen MR) is 135 cm³/mol. The molecule has 3 unspecified atom stereocenters. The Morgan fingerprint density at radius 3 is 2.26 bits per heavy atom. The average molecular weight is 571 g/mol. The van der Waals surface area contributed by atoms with Crippen molar-refractivity contribution in [2.75, 3.05) is 18.8 Å². The van der Waals surface area contributed by atoms with Crippen molar-refractivity contribution in [3.8, 4) is 0 Å². The number of rotatable bonds is 6. The number of hydrogen-bond donors (Lipinski definition) is 0. The first-order valence-electron chi connectivity index (χ1n) is 12.9. The quantitative estimate of drug-likeness (QED) is 0.301. The highest BCUT2D eigenvalue weighted by Gasteiger charge is 2.45. The van der Waals surface area contributed by atoms with Gasteiger partial charge in [-0.05, 0) is 67.1 Å². The third kappa shape index (κ3) is 5.52. The molecule has 0 saturated carbocycles. The number of aromatic nitrogens is 1. The van der Waals surface area contributed by atoms with E-state index in [2.05, 4.69) is 16.8 Å². The van der Waals surface area contributed by atoms with Gasteiger partial charge in [0.1, 0.15) is 0 Å². The summed E-state index contributed by atoms with van der Waals surface area (Å²) in [4.78, 5) is 5.63. The molecular weight excluding hydrogens is 542 g/mol. The average Bonchev–Trinajstić information content (AvgIpc) is 2.90. The van der Waals surface area contributed by atoms with Crippen LogP contribution in [-0.4, -0.2) is 43.2 Å². The Morgan fingerprint density at radius 2 is 1.67 bits per heavy atom. The van der Waals surface area contributed by atoms with Gasteiger partial charge in [0, 0.05) is 30.1 Å². The van der Waals surface area contributed by atoms with Crippen molar-refractivity contribution in [3.63, 3.8) is 0 Å². The number of hydrogen-bond acceptors (Lipinski definition) is 4. The predicted octanol–water partition coefficient (Wildman–Crippen LogP) is 6.95. The minimum Gasteiger partial charge on any atom is -0.299 e. The fourth-order valence-corrected chi connectivity index (χ4v) is 8.03. The molecule has 3 saturated heterocycles. The van der Waals surface area contributed by atoms with E-state index in [9.17, 15) is 34.8 Å². The lowest BCUT2D eigenvalue weighted by Crippen LogP contribution is -2.56. The molecule has 2 aromatic carbocycles. The van der Waals surface area contributed by atoms with Crippen LogP contribution in [0, 0.1) is 11.8 Å². The number of benzene rings is 2. The summed E-state index contributed by atoms with van der Waals surface area (Å²) in [6.07, 6.45) is -6.04. The molecule has 4 heterocycles. The Labute approximate surface area is 223 Å². The van der Waals surface area contributed by atoms with E-state index in [1.807, 2.05) is 6.07 Å². The summed E-state index contributed by atoms with van der Waals surface area (Å²) >= 11 is 0. The molecule has 6 rings (SSSR count). The molecule has 3 aliphatic rings. The summed E-state index contributed by atoms with van der Waals surface area (Å²) in [6, 6.07) is 9.26. The van der Waals surface area contributed by atoms with Gasteiger partial charge in [-0.2, -0.15) is 26.3 Å². The van der Waals surface area contributed by atoms with Crippen molar-refractivity contribution >= 4 is 20.7 Å². The number of para-hydroxylation sites is 1. The lowest BCUT2D eigenvalue weighted by Gasteiger charge is -2.52. The molecule has 5 atom stereocenters. The van der Waals surface area contributed by atoms with Crippen molar-refractivity contribution in [1.82, 2.24) is 9.88 Å². The Morgan fingerprint density at radius 1 is 1.00 bits per heavy atom. The van der Waals surface area contributed by atoms with Crippen molar-refractivity contribution < 1.29 is 34.8 Å². The van der Waals surface area contributed by atoms with Crippen LogP contribution in [-0.2, 0) is 22.2 Å². The lowest BCUT2D eigenvalue weighted by molar-refractivity contribution is -0.143. The van der Waals surface area contributed by atoms with Gasteiger partial charge in [0.05, 0.1) is 27.3 Å². The van der Waals surface area contributed by atoms with Gasteiger partial charge in [-0.25, -0.2) is 8.42 Å². The maximum atomic E-state index is 13.7. The van der Waals surface area contributed by atoms with Crippen LogP contribution >= 0.6 is 0 Å². The number of piperidine rings is 3. The smallest absolute Gasteiger partial charge is 0.299 e. The molecule has 0 amide bonds. The molecule has 0 N–H and O–H groups in total. The zero-order chi connectivity index (χ0) is 28.2. The maximum Gasteiger partial charge on any atom is 0.416 e. The molecule has 1 aromatic heterocycles. The molecule has 3 aliphatic heterocycles. The number of alkyl halides is 6. The largest absolute Gasteiger partial charge is 0.416 e. The van der Waals surface area contributed by atoms with E-state index >= 15 is 0 Å². The van der Waals surface area contributed by atoms with E-state index in [1.165, 1.54) is 0 Å². The highest BCUT2D eigenvalue weighted by molar-refractivity contribution is 7.91. The lowest BCUT2D eigenvalue weighted by atomic mass is 9.70. The Kier molecular flexibility index (Phi) is 7.20. The molecule has 210 valence electrons. The minimum absolute atomic E-state index is 0.0520. The second-order valence-electron chi connectivity index (χ2n) is 10.6. The molecule has 3 aromatic rings. The first-order valence-corrected chi connectivity index (χ1v) is 14.5. The fraction of sp³-hybridized carbons (Fsp3) is 0.464. The number of nitrogens with zero attached hydrogens (tertiary/aromatic N) is 2. The molecule has 11 heteroatoms. The van der Waals surface area contributed by atoms with Gasteiger partial charge in [0.2, 0.25) is 0 Å². The van der Waals surface area contributed by atoms with Crippen LogP contribution in [0.2, 0.25) is 0 Å². The Bertz CT molecular complexity index is 1430. The summed E-state index contributed by atoms with van der Waals surface area (Å²) < 4.78 is 109. The van der Waals surface area contributed by atoms with E-state index < -0.39 is 49.9 Å². The van der Waals surface area contributed by atoms with Gasteiger partial charge in [0.25, 0.3) is 0 Å². The standard InChI is InChI=1S/C28H28F6N2O2S/c1-2-17-15-36-10-8-18(17)11-26(36)24(22-7-9-35-25-6-4-3-5-23(22)25)16-39(37,38)21-13-19(27(29,30)31)12-20(14-21)28(32,33)34/h3-7,9,12-14,17-18,24,26H,2,8,10-11,15-16H2,1H3/t17?,18?,24-,26-/m0/s1. The topological polar surface area (TPSA) is 50.3 Å². The van der Waals surface area contributed by atoms with Crippen LogP contribution in [0.15, 0.2) is 59.6 Å². The van der Waals surface area contributed by atoms with Crippen LogP contribution in [0.5, 0.6) is 0 Å². The highest BCUT2D eigenvalue weighted by Crippen LogP contribution is 2.45. The van der Waals surface area contributed by atoms with Crippen LogP contribution in [0.4, 0.5) is 26.3 Å². The van der Waals surface area contributed by atoms with Crippen LogP contribution < -0.4 is 0 Å². The van der Waals surface area contributed by atoms with Crippen LogP contribution in [0.3, 0.4) is 0 Å². The second kappa shape index (κ2) is 10.1. The second-order valence-corrected chi connectivity index (χ2v) is 12.6. The van der Waals surface area contributed by atoms with E-state index in [0.29, 0.717) is 41.5 Å². The number of fused-ring (bicyclic) bond motifs is 4. The Balaban J connectivity index is 1.62. The van der Waals surface area contributed by atoms with E-state index in [0.717, 1.165) is 31.3 Å². The van der Waals surface area contributed by atoms with Gasteiger partial charge in [-0.3, -0.25) is 9.88 Å². The zero-order valence-electron chi connectivity index (χ0n) is 21.1. The summed E-state index contributed by atoms with van der Waals surface area (Å²) in [5.41, 5.74) is -1.97. The van der Waals surface area contributed by atoms with Gasteiger partial charge in [-0.15, -0.1) is 0 Å². The van der Waals surface area contributed by atoms with Gasteiger partial charge < -0.3 is 0 Å². The number of pyridine rings is 1. The van der Waals surface area contributed by atoms with E-state index in [1.54, 1.807) is 30.5 Å². The molecule has 0 radical (unpaired) electrons. The first kappa shape index (κ1) is 27.9. The van der Waals surface area contributed by atoms with Crippen LogP contribution in [0.1, 0.15) is 48.8 Å². The summed E-state index contributed by atoms with van der Waals surface area (Å²) in [7, 11) is -4.57. The highest BCUT2D eigenvalue weighted by atomic mass is 32.2. The fourth-order valence-electron chi connectivity index (χ4n) is 6.35. The Hall–Kier alpha value is -2.66. The normalized spacial score (nSPS) is 24.7. The number of halogens is 6. The van der Waals surface area contributed by atoms with Gasteiger partial charge in [-0.1, -0.05) is 31.5 Å². The first-order chi connectivity index (χ1) is 18.3. The van der Waals surface area contributed by atoms with Crippen molar-refractivity contribution in [2.45, 2.75) is 55.4 Å². The molecule has 0 spiro atoms. The molecule has 3 fully saturated rings. The molecule has 2 bridgehead atoms. The maximum absolute atomic E-state index is 13.7. The van der Waals surface area contributed by atoms with Crippen molar-refractivity contribution in [3.05, 3.63) is 71.4 Å². The van der Waals surface area contributed by atoms with E-state index in [4.69, 9.17) is 0 Å². The third-order valence-electron chi connectivity index (χ3n) is 8.33. The van der Waals surface area contributed by atoms with Crippen molar-refractivity contribution in [2.24, 2.45) is 11.8 Å². The summed E-state index contributed by atoms with van der Waals surface area (Å²) in [5, 5.41) is 0.718.